The van der Waals surface area contributed by atoms with E-state index in [1.54, 1.807) is 36.1 Å². The van der Waals surface area contributed by atoms with Crippen molar-refractivity contribution in [2.24, 2.45) is 0 Å². The molecule has 2 aliphatic heterocycles. The Kier molecular flexibility index (Phi) is 5.59. The molecule has 2 amide bonds. The SMILES string of the molecule is C=CCN1C[C@@H]2C[C@@H](C(=O)OCC)N(C(=O)c3ccc(F)cc3)c3cccc(c32)C1=O. The monoisotopic (exact) mass is 422 g/mol. The zero-order valence-corrected chi connectivity index (χ0v) is 17.2. The summed E-state index contributed by atoms with van der Waals surface area (Å²) in [6, 6.07) is 9.54. The second kappa shape index (κ2) is 8.34. The van der Waals surface area contributed by atoms with Crippen molar-refractivity contribution in [3.05, 3.63) is 77.6 Å². The van der Waals surface area contributed by atoms with Gasteiger partial charge in [-0.15, -0.1) is 6.58 Å². The van der Waals surface area contributed by atoms with Crippen molar-refractivity contribution in [2.45, 2.75) is 25.3 Å². The zero-order chi connectivity index (χ0) is 22.1. The van der Waals surface area contributed by atoms with Crippen molar-refractivity contribution in [1.82, 2.24) is 4.90 Å². The molecule has 31 heavy (non-hydrogen) atoms. The van der Waals surface area contributed by atoms with Crippen molar-refractivity contribution in [1.29, 1.82) is 0 Å². The third-order valence-corrected chi connectivity index (χ3v) is 5.75. The van der Waals surface area contributed by atoms with Gasteiger partial charge >= 0.3 is 5.97 Å². The van der Waals surface area contributed by atoms with E-state index in [-0.39, 0.29) is 24.0 Å². The number of halogens is 1. The normalized spacial score (nSPS) is 19.6. The number of ether oxygens (including phenoxy) is 1. The lowest BCUT2D eigenvalue weighted by Gasteiger charge is -2.44. The molecule has 7 heteroatoms. The van der Waals surface area contributed by atoms with Crippen LogP contribution in [0.15, 0.2) is 55.1 Å². The van der Waals surface area contributed by atoms with Gasteiger partial charge in [0.05, 0.1) is 6.61 Å². The fourth-order valence-corrected chi connectivity index (χ4v) is 4.46. The predicted octanol–water partition coefficient (Wildman–Crippen LogP) is 3.53. The highest BCUT2D eigenvalue weighted by molar-refractivity contribution is 6.11. The summed E-state index contributed by atoms with van der Waals surface area (Å²) in [5.74, 6) is -1.64. The second-order valence-electron chi connectivity index (χ2n) is 7.62. The molecule has 4 rings (SSSR count). The molecule has 0 saturated heterocycles. The van der Waals surface area contributed by atoms with Crippen LogP contribution in [0.5, 0.6) is 0 Å². The molecule has 0 spiro atoms. The number of esters is 1. The maximum Gasteiger partial charge on any atom is 0.329 e. The van der Waals surface area contributed by atoms with E-state index in [1.165, 1.54) is 29.2 Å². The number of hydrogen-bond acceptors (Lipinski definition) is 4. The molecule has 0 radical (unpaired) electrons. The fourth-order valence-electron chi connectivity index (χ4n) is 4.46. The average molecular weight is 422 g/mol. The van der Waals surface area contributed by atoms with Crippen molar-refractivity contribution < 1.29 is 23.5 Å². The molecular weight excluding hydrogens is 399 g/mol. The van der Waals surface area contributed by atoms with Crippen molar-refractivity contribution >= 4 is 23.5 Å². The lowest BCUT2D eigenvalue weighted by molar-refractivity contribution is -0.145. The molecular formula is C24H23FN2O4. The Morgan fingerprint density at radius 3 is 2.65 bits per heavy atom. The minimum atomic E-state index is -0.843. The minimum Gasteiger partial charge on any atom is -0.464 e. The molecule has 0 aliphatic carbocycles. The highest BCUT2D eigenvalue weighted by Crippen LogP contribution is 2.44. The van der Waals surface area contributed by atoms with Gasteiger partial charge in [0.15, 0.2) is 0 Å². The van der Waals surface area contributed by atoms with Crippen LogP contribution in [-0.4, -0.2) is 48.4 Å². The summed E-state index contributed by atoms with van der Waals surface area (Å²) in [4.78, 5) is 42.4. The summed E-state index contributed by atoms with van der Waals surface area (Å²) in [7, 11) is 0. The molecule has 2 aromatic rings. The molecule has 0 unspecified atom stereocenters. The van der Waals surface area contributed by atoms with Gasteiger partial charge in [0, 0.05) is 35.8 Å². The number of benzene rings is 2. The van der Waals surface area contributed by atoms with Gasteiger partial charge in [0.2, 0.25) is 0 Å². The number of carbonyl (C=O) groups excluding carboxylic acids is 3. The lowest BCUT2D eigenvalue weighted by Crippen LogP contribution is -2.53. The van der Waals surface area contributed by atoms with Crippen LogP contribution >= 0.6 is 0 Å². The van der Waals surface area contributed by atoms with E-state index in [9.17, 15) is 18.8 Å². The highest BCUT2D eigenvalue weighted by Gasteiger charge is 2.45. The van der Waals surface area contributed by atoms with Gasteiger partial charge in [-0.2, -0.15) is 0 Å². The molecule has 0 aromatic heterocycles. The summed E-state index contributed by atoms with van der Waals surface area (Å²) >= 11 is 0. The Bertz CT molecular complexity index is 1050. The Labute approximate surface area is 179 Å². The largest absolute Gasteiger partial charge is 0.464 e. The molecule has 2 aromatic carbocycles. The maximum atomic E-state index is 13.5. The topological polar surface area (TPSA) is 66.9 Å². The Morgan fingerprint density at radius 2 is 1.97 bits per heavy atom. The van der Waals surface area contributed by atoms with Crippen molar-refractivity contribution in [2.75, 3.05) is 24.6 Å². The van der Waals surface area contributed by atoms with E-state index >= 15 is 0 Å². The van der Waals surface area contributed by atoms with Crippen LogP contribution in [-0.2, 0) is 9.53 Å². The number of nitrogens with zero attached hydrogens (tertiary/aromatic N) is 2. The Balaban J connectivity index is 1.84. The Hall–Kier alpha value is -3.48. The molecule has 2 heterocycles. The van der Waals surface area contributed by atoms with E-state index in [4.69, 9.17) is 4.74 Å². The quantitative estimate of drug-likeness (QED) is 0.546. The van der Waals surface area contributed by atoms with Crippen LogP contribution < -0.4 is 4.90 Å². The summed E-state index contributed by atoms with van der Waals surface area (Å²) in [5, 5.41) is 0. The van der Waals surface area contributed by atoms with Gasteiger partial charge in [0.25, 0.3) is 11.8 Å². The van der Waals surface area contributed by atoms with Gasteiger partial charge in [-0.3, -0.25) is 14.5 Å². The number of hydrogen-bond donors (Lipinski definition) is 0. The molecule has 160 valence electrons. The van der Waals surface area contributed by atoms with E-state index in [1.807, 2.05) is 0 Å². The van der Waals surface area contributed by atoms with E-state index < -0.39 is 23.7 Å². The standard InChI is InChI=1S/C24H23FN2O4/c1-3-12-26-14-16-13-20(24(30)31-4-2)27(22(28)15-8-10-17(25)11-9-15)19-7-5-6-18(21(16)19)23(26)29/h3,5-11,16,20H,1,4,12-14H2,2H3/t16-,20-/m0/s1. The molecule has 0 saturated carbocycles. The molecule has 2 atom stereocenters. The van der Waals surface area contributed by atoms with E-state index in [2.05, 4.69) is 6.58 Å². The van der Waals surface area contributed by atoms with E-state index in [0.29, 0.717) is 30.8 Å². The Morgan fingerprint density at radius 1 is 1.23 bits per heavy atom. The van der Waals surface area contributed by atoms with Gasteiger partial charge in [-0.25, -0.2) is 9.18 Å². The third-order valence-electron chi connectivity index (χ3n) is 5.75. The average Bonchev–Trinajstić information content (AvgIpc) is 2.77. The van der Waals surface area contributed by atoms with Crippen molar-refractivity contribution in [3.8, 4) is 0 Å². The summed E-state index contributed by atoms with van der Waals surface area (Å²) in [6.45, 7) is 6.46. The van der Waals surface area contributed by atoms with Crippen LogP contribution in [0.2, 0.25) is 0 Å². The predicted molar refractivity (Wildman–Crippen MR) is 114 cm³/mol. The second-order valence-corrected chi connectivity index (χ2v) is 7.62. The van der Waals surface area contributed by atoms with Crippen molar-refractivity contribution in [3.63, 3.8) is 0 Å². The first kappa shape index (κ1) is 20.8. The molecule has 0 N–H and O–H groups in total. The van der Waals surface area contributed by atoms with Crippen LogP contribution in [0, 0.1) is 5.82 Å². The smallest absolute Gasteiger partial charge is 0.329 e. The number of amides is 2. The zero-order valence-electron chi connectivity index (χ0n) is 17.2. The summed E-state index contributed by atoms with van der Waals surface area (Å²) in [6.07, 6.45) is 2.00. The maximum absolute atomic E-state index is 13.5. The van der Waals surface area contributed by atoms with Gasteiger partial charge < -0.3 is 9.64 Å². The first-order valence-electron chi connectivity index (χ1n) is 10.2. The van der Waals surface area contributed by atoms with Gasteiger partial charge in [0.1, 0.15) is 11.9 Å². The van der Waals surface area contributed by atoms with E-state index in [0.717, 1.165) is 5.56 Å². The molecule has 0 fully saturated rings. The minimum absolute atomic E-state index is 0.115. The van der Waals surface area contributed by atoms with Crippen LogP contribution in [0.25, 0.3) is 0 Å². The van der Waals surface area contributed by atoms with Crippen LogP contribution in [0.3, 0.4) is 0 Å². The fraction of sp³-hybridized carbons (Fsp3) is 0.292. The third kappa shape index (κ3) is 3.60. The molecule has 0 bridgehead atoms. The van der Waals surface area contributed by atoms with Crippen LogP contribution in [0.1, 0.15) is 45.5 Å². The summed E-state index contributed by atoms with van der Waals surface area (Å²) < 4.78 is 18.7. The molecule has 6 nitrogen and oxygen atoms in total. The summed E-state index contributed by atoms with van der Waals surface area (Å²) in [5.41, 5.74) is 2.06. The number of carbonyl (C=O) groups is 3. The number of anilines is 1. The van der Waals surface area contributed by atoms with Crippen LogP contribution in [0.4, 0.5) is 10.1 Å². The van der Waals surface area contributed by atoms with Gasteiger partial charge in [-0.05, 0) is 55.3 Å². The lowest BCUT2D eigenvalue weighted by atomic mass is 9.79. The first-order valence-corrected chi connectivity index (χ1v) is 10.2. The first-order chi connectivity index (χ1) is 15.0. The van der Waals surface area contributed by atoms with Gasteiger partial charge in [-0.1, -0.05) is 12.1 Å². The number of rotatable bonds is 5. The molecule has 2 aliphatic rings. The highest BCUT2D eigenvalue weighted by atomic mass is 19.1.